The maximum atomic E-state index is 12.1. The Hall–Kier alpha value is -4.22. The van der Waals surface area contributed by atoms with E-state index in [1.165, 1.54) is 41.8 Å². The van der Waals surface area contributed by atoms with Crippen molar-refractivity contribution in [3.8, 4) is 0 Å². The molecule has 3 aromatic rings. The molecule has 0 saturated heterocycles. The summed E-state index contributed by atoms with van der Waals surface area (Å²) < 4.78 is 2.74. The van der Waals surface area contributed by atoms with Gasteiger partial charge in [0.2, 0.25) is 0 Å². The van der Waals surface area contributed by atoms with Crippen molar-refractivity contribution in [1.29, 1.82) is 0 Å². The first-order valence-corrected chi connectivity index (χ1v) is 12.5. The molecule has 0 aliphatic heterocycles. The number of aryl methyl sites for hydroxylation is 1. The average molecular weight is 542 g/mol. The Balaban J connectivity index is 0.000000408. The number of nitro benzene ring substituents is 1. The third-order valence-corrected chi connectivity index (χ3v) is 5.46. The smallest absolute Gasteiger partial charge is 0.326 e. The second-order valence-electron chi connectivity index (χ2n) is 7.49. The van der Waals surface area contributed by atoms with Crippen molar-refractivity contribution in [2.45, 2.75) is 38.1 Å². The molecule has 10 nitrogen and oxygen atoms in total. The van der Waals surface area contributed by atoms with Crippen LogP contribution in [-0.2, 0) is 16.0 Å². The summed E-state index contributed by atoms with van der Waals surface area (Å²) in [5.41, 5.74) is 2.00. The van der Waals surface area contributed by atoms with Gasteiger partial charge in [0.15, 0.2) is 0 Å². The number of hydrogen-bond acceptors (Lipinski definition) is 7. The van der Waals surface area contributed by atoms with Gasteiger partial charge in [0.1, 0.15) is 12.6 Å². The first-order chi connectivity index (χ1) is 18.2. The van der Waals surface area contributed by atoms with Crippen LogP contribution in [0.25, 0.3) is 0 Å². The Morgan fingerprint density at radius 1 is 0.921 bits per heavy atom. The molecule has 0 fully saturated rings. The van der Waals surface area contributed by atoms with E-state index in [1.54, 1.807) is 24.3 Å². The Bertz CT molecular complexity index is 1170. The molecule has 3 aromatic carbocycles. The summed E-state index contributed by atoms with van der Waals surface area (Å²) in [7, 11) is 0. The molecule has 0 saturated carbocycles. The van der Waals surface area contributed by atoms with Crippen LogP contribution in [0.2, 0.25) is 0 Å². The van der Waals surface area contributed by atoms with Gasteiger partial charge in [0.25, 0.3) is 11.6 Å². The zero-order valence-corrected chi connectivity index (χ0v) is 22.1. The predicted molar refractivity (Wildman–Crippen MR) is 146 cm³/mol. The van der Waals surface area contributed by atoms with Crippen molar-refractivity contribution >= 4 is 35.5 Å². The van der Waals surface area contributed by atoms with Crippen molar-refractivity contribution in [2.24, 2.45) is 0 Å². The largest absolute Gasteiger partial charge is 0.480 e. The van der Waals surface area contributed by atoms with E-state index in [0.717, 1.165) is 10.5 Å². The second kappa shape index (κ2) is 17.3. The van der Waals surface area contributed by atoms with Crippen molar-refractivity contribution < 1.29 is 29.5 Å². The summed E-state index contributed by atoms with van der Waals surface area (Å²) in [5.74, 6) is -2.59. The molecule has 0 spiro atoms. The number of carboxylic acid groups (broad SMARTS) is 2. The second-order valence-corrected chi connectivity index (χ2v) is 8.45. The Labute approximate surface area is 225 Å². The zero-order chi connectivity index (χ0) is 28.5. The van der Waals surface area contributed by atoms with E-state index in [1.807, 2.05) is 51.1 Å². The lowest BCUT2D eigenvalue weighted by Crippen LogP contribution is -2.42. The molecule has 1 unspecified atom stereocenters. The van der Waals surface area contributed by atoms with Gasteiger partial charge in [-0.05, 0) is 48.7 Å². The molecule has 0 radical (unpaired) electrons. The fourth-order valence-electron chi connectivity index (χ4n) is 2.81. The van der Waals surface area contributed by atoms with Gasteiger partial charge in [0.05, 0.1) is 4.92 Å². The molecule has 11 heteroatoms. The van der Waals surface area contributed by atoms with Crippen molar-refractivity contribution in [3.63, 3.8) is 0 Å². The van der Waals surface area contributed by atoms with Crippen molar-refractivity contribution in [3.05, 3.63) is 106 Å². The molecule has 4 N–H and O–H groups in total. The number of carbonyl (C=O) groups is 3. The number of nitrogens with one attached hydrogen (secondary N) is 2. The lowest BCUT2D eigenvalue weighted by molar-refractivity contribution is -0.384. The highest BCUT2D eigenvalue weighted by Crippen LogP contribution is 2.14. The van der Waals surface area contributed by atoms with E-state index < -0.39 is 28.8 Å². The van der Waals surface area contributed by atoms with Crippen LogP contribution in [-0.4, -0.2) is 45.6 Å². The monoisotopic (exact) mass is 541 g/mol. The van der Waals surface area contributed by atoms with Gasteiger partial charge in [0, 0.05) is 29.0 Å². The molecule has 0 heterocycles. The van der Waals surface area contributed by atoms with Gasteiger partial charge in [-0.25, -0.2) is 9.52 Å². The minimum atomic E-state index is -1.15. The molecule has 0 aromatic heterocycles. The SMILES string of the molecule is CC.Cc1ccc(SNCC(=O)O)cc1.O=C(NC(Cc1ccccc1)C(=O)O)c1ccc([N+](=O)[O-])cc1. The lowest BCUT2D eigenvalue weighted by atomic mass is 10.1. The fourth-order valence-corrected chi connectivity index (χ4v) is 3.45. The number of nitro groups is 1. The van der Waals surface area contributed by atoms with Gasteiger partial charge in [-0.3, -0.25) is 19.7 Å². The molecule has 0 aliphatic carbocycles. The number of carbonyl (C=O) groups excluding carboxylic acids is 1. The number of nitrogens with zero attached hydrogens (tertiary/aromatic N) is 1. The number of carboxylic acids is 2. The molecular weight excluding hydrogens is 510 g/mol. The van der Waals surface area contributed by atoms with Crippen molar-refractivity contribution in [2.75, 3.05) is 6.54 Å². The molecule has 38 heavy (non-hydrogen) atoms. The lowest BCUT2D eigenvalue weighted by Gasteiger charge is -2.14. The first kappa shape index (κ1) is 31.8. The van der Waals surface area contributed by atoms with Crippen LogP contribution in [0.15, 0.2) is 83.8 Å². The van der Waals surface area contributed by atoms with Crippen LogP contribution in [0.1, 0.15) is 35.3 Å². The Morgan fingerprint density at radius 2 is 1.50 bits per heavy atom. The summed E-state index contributed by atoms with van der Waals surface area (Å²) in [6.07, 6.45) is 0.148. The number of hydrogen-bond donors (Lipinski definition) is 4. The fraction of sp³-hybridized carbons (Fsp3) is 0.222. The number of rotatable bonds is 10. The topological polar surface area (TPSA) is 159 Å². The van der Waals surface area contributed by atoms with Gasteiger partial charge in [-0.2, -0.15) is 0 Å². The molecule has 202 valence electrons. The van der Waals surface area contributed by atoms with Crippen LogP contribution in [0.3, 0.4) is 0 Å². The quantitative estimate of drug-likeness (QED) is 0.162. The summed E-state index contributed by atoms with van der Waals surface area (Å²) >= 11 is 1.33. The predicted octanol–water partition coefficient (Wildman–Crippen LogP) is 4.72. The van der Waals surface area contributed by atoms with E-state index >= 15 is 0 Å². The highest BCUT2D eigenvalue weighted by molar-refractivity contribution is 7.97. The van der Waals surface area contributed by atoms with Gasteiger partial charge in [-0.1, -0.05) is 61.9 Å². The molecule has 1 atom stereocenters. The maximum absolute atomic E-state index is 12.1. The first-order valence-electron chi connectivity index (χ1n) is 11.7. The third-order valence-electron chi connectivity index (χ3n) is 4.66. The number of non-ortho nitro benzene ring substituents is 1. The van der Waals surface area contributed by atoms with E-state index in [9.17, 15) is 29.6 Å². The standard InChI is InChI=1S/C16H14N2O5.C9H11NO2S.C2H6/c19-15(12-6-8-13(9-7-12)18(22)23)17-14(16(20)21)10-11-4-2-1-3-5-11;1-7-2-4-8(5-3-7)13-10-6-9(11)12;1-2/h1-9,14H,10H2,(H,17,19)(H,20,21);2-5,10H,6H2,1H3,(H,11,12);1-2H3. The molecule has 0 bridgehead atoms. The van der Waals surface area contributed by atoms with Crippen LogP contribution in [0, 0.1) is 17.0 Å². The average Bonchev–Trinajstić information content (AvgIpc) is 2.91. The van der Waals surface area contributed by atoms with Crippen LogP contribution < -0.4 is 10.0 Å². The zero-order valence-electron chi connectivity index (χ0n) is 21.3. The highest BCUT2D eigenvalue weighted by Gasteiger charge is 2.21. The van der Waals surface area contributed by atoms with Crippen LogP contribution in [0.5, 0.6) is 0 Å². The van der Waals surface area contributed by atoms with E-state index in [-0.39, 0.29) is 24.2 Å². The maximum Gasteiger partial charge on any atom is 0.326 e. The number of aliphatic carboxylic acids is 2. The minimum absolute atomic E-state index is 0.0292. The Kier molecular flexibility index (Phi) is 14.5. The summed E-state index contributed by atoms with van der Waals surface area (Å²) in [4.78, 5) is 44.6. The van der Waals surface area contributed by atoms with Gasteiger partial charge < -0.3 is 15.5 Å². The normalized spacial score (nSPS) is 10.5. The molecule has 0 aliphatic rings. The van der Waals surface area contributed by atoms with Crippen molar-refractivity contribution in [1.82, 2.24) is 10.0 Å². The summed E-state index contributed by atoms with van der Waals surface area (Å²) in [6, 6.07) is 20.7. The molecule has 1 amide bonds. The minimum Gasteiger partial charge on any atom is -0.480 e. The number of amides is 1. The molecule has 3 rings (SSSR count). The van der Waals surface area contributed by atoms with E-state index in [2.05, 4.69) is 10.0 Å². The van der Waals surface area contributed by atoms with Crippen LogP contribution >= 0.6 is 11.9 Å². The van der Waals surface area contributed by atoms with E-state index in [0.29, 0.717) is 0 Å². The van der Waals surface area contributed by atoms with Gasteiger partial charge >= 0.3 is 11.9 Å². The molecular formula is C27H31N3O7S. The third kappa shape index (κ3) is 12.2. The van der Waals surface area contributed by atoms with E-state index in [4.69, 9.17) is 5.11 Å². The number of benzene rings is 3. The highest BCUT2D eigenvalue weighted by atomic mass is 32.2. The van der Waals surface area contributed by atoms with Gasteiger partial charge in [-0.15, -0.1) is 0 Å². The summed E-state index contributed by atoms with van der Waals surface area (Å²) in [5, 5.41) is 30.6. The summed E-state index contributed by atoms with van der Waals surface area (Å²) in [6.45, 7) is 5.98. The Morgan fingerprint density at radius 3 is 2.00 bits per heavy atom. The van der Waals surface area contributed by atoms with Crippen LogP contribution in [0.4, 0.5) is 5.69 Å².